The van der Waals surface area contributed by atoms with Gasteiger partial charge in [-0.2, -0.15) is 0 Å². The minimum absolute atomic E-state index is 0.0213. The van der Waals surface area contributed by atoms with Crippen LogP contribution in [0, 0.1) is 0 Å². The van der Waals surface area contributed by atoms with Crippen LogP contribution in [-0.4, -0.2) is 131 Å². The number of carboxylic acids is 1. The van der Waals surface area contributed by atoms with E-state index in [1.165, 1.54) is 0 Å². The molecule has 14 heteroatoms. The van der Waals surface area contributed by atoms with E-state index in [1.54, 1.807) is 21.9 Å². The van der Waals surface area contributed by atoms with Crippen molar-refractivity contribution in [1.29, 1.82) is 0 Å². The molecule has 0 aliphatic carbocycles. The molecule has 0 bridgehead atoms. The zero-order valence-electron chi connectivity index (χ0n) is 20.0. The van der Waals surface area contributed by atoms with Crippen molar-refractivity contribution in [2.24, 2.45) is 0 Å². The van der Waals surface area contributed by atoms with E-state index in [0.717, 1.165) is 5.56 Å². The summed E-state index contributed by atoms with van der Waals surface area (Å²) in [7, 11) is -4.32. The van der Waals surface area contributed by atoms with Crippen LogP contribution >= 0.6 is 7.60 Å². The molecule has 1 atom stereocenters. The number of carbonyl (C=O) groups excluding carboxylic acids is 2. The van der Waals surface area contributed by atoms with E-state index in [1.807, 2.05) is 17.0 Å². The fourth-order valence-corrected chi connectivity index (χ4v) is 5.17. The Kier molecular flexibility index (Phi) is 10.4. The van der Waals surface area contributed by atoms with Crippen molar-refractivity contribution in [3.05, 3.63) is 35.4 Å². The summed E-state index contributed by atoms with van der Waals surface area (Å²) in [4.78, 5) is 60.7. The molecule has 13 nitrogen and oxygen atoms in total. The lowest BCUT2D eigenvalue weighted by Crippen LogP contribution is -2.48. The number of fused-ring (bicyclic) bond motifs is 1. The number of hydrogen-bond donors (Lipinski definition) is 3. The van der Waals surface area contributed by atoms with Crippen LogP contribution in [0.25, 0.3) is 0 Å². The average molecular weight is 528 g/mol. The van der Waals surface area contributed by atoms with Gasteiger partial charge in [-0.3, -0.25) is 33.8 Å². The summed E-state index contributed by atoms with van der Waals surface area (Å²) in [5, 5.41) is 9.36. The first-order chi connectivity index (χ1) is 17.1. The summed E-state index contributed by atoms with van der Waals surface area (Å²) in [5.74, 6) is -1.37. The second-order valence-corrected chi connectivity index (χ2v) is 10.5. The van der Waals surface area contributed by atoms with Crippen molar-refractivity contribution in [2.45, 2.75) is 6.10 Å². The molecule has 2 aliphatic heterocycles. The number of ether oxygens (including phenoxy) is 2. The Balaban J connectivity index is 1.75. The van der Waals surface area contributed by atoms with Crippen LogP contribution in [0.1, 0.15) is 22.0 Å². The van der Waals surface area contributed by atoms with Gasteiger partial charge in [0.15, 0.2) is 0 Å². The molecule has 1 fully saturated rings. The van der Waals surface area contributed by atoms with Gasteiger partial charge in [-0.05, 0) is 6.07 Å². The van der Waals surface area contributed by atoms with Crippen molar-refractivity contribution in [3.8, 4) is 0 Å². The Hall–Kier alpha value is -2.38. The van der Waals surface area contributed by atoms with Crippen LogP contribution in [0.3, 0.4) is 0 Å². The molecule has 3 N–H and O–H groups in total. The van der Waals surface area contributed by atoms with Gasteiger partial charge in [0.1, 0.15) is 19.1 Å². The van der Waals surface area contributed by atoms with E-state index in [-0.39, 0.29) is 25.8 Å². The predicted octanol–water partition coefficient (Wildman–Crippen LogP) is -0.530. The quantitative estimate of drug-likeness (QED) is 0.213. The summed E-state index contributed by atoms with van der Waals surface area (Å²) in [6.45, 7) is 3.65. The van der Waals surface area contributed by atoms with E-state index in [2.05, 4.69) is 4.90 Å². The number of carboxylic acid groups (broad SMARTS) is 1. The fraction of sp³-hybridized carbons (Fsp3) is 0.591. The van der Waals surface area contributed by atoms with Gasteiger partial charge in [0.25, 0.3) is 6.47 Å². The minimum atomic E-state index is -4.32. The molecule has 0 saturated carbocycles. The third kappa shape index (κ3) is 8.93. The molecular formula is C22H33N4O9P. The summed E-state index contributed by atoms with van der Waals surface area (Å²) >= 11 is 0. The number of nitrogens with zero attached hydrogens (tertiary/aromatic N) is 4. The molecule has 200 valence electrons. The number of esters is 1. The average Bonchev–Trinajstić information content (AvgIpc) is 3.12. The molecule has 0 aromatic heterocycles. The van der Waals surface area contributed by atoms with Crippen molar-refractivity contribution in [3.63, 3.8) is 0 Å². The zero-order valence-corrected chi connectivity index (χ0v) is 20.9. The van der Waals surface area contributed by atoms with Gasteiger partial charge in [-0.25, -0.2) is 4.79 Å². The van der Waals surface area contributed by atoms with Gasteiger partial charge >= 0.3 is 19.5 Å². The second-order valence-electron chi connectivity index (χ2n) is 8.89. The Labute approximate surface area is 209 Å². The van der Waals surface area contributed by atoms with Crippen LogP contribution in [-0.2, 0) is 23.6 Å². The van der Waals surface area contributed by atoms with Gasteiger partial charge in [0, 0.05) is 64.5 Å². The van der Waals surface area contributed by atoms with E-state index in [4.69, 9.17) is 9.47 Å². The van der Waals surface area contributed by atoms with Gasteiger partial charge in [0.2, 0.25) is 0 Å². The van der Waals surface area contributed by atoms with Crippen molar-refractivity contribution in [2.75, 3.05) is 78.5 Å². The zero-order chi connectivity index (χ0) is 26.1. The SMILES string of the molecule is O=COCN1CCN(CC2OC(=O)c3ccccc32)CCN(CC(=O)O)CCN(CP(=O)(O)O)CC1. The second kappa shape index (κ2) is 13.2. The number of cyclic esters (lactones) is 1. The molecule has 2 heterocycles. The lowest BCUT2D eigenvalue weighted by atomic mass is 10.0. The molecule has 0 spiro atoms. The van der Waals surface area contributed by atoms with Crippen LogP contribution in [0.5, 0.6) is 0 Å². The van der Waals surface area contributed by atoms with Gasteiger partial charge in [0.05, 0.1) is 12.1 Å². The van der Waals surface area contributed by atoms with Crippen LogP contribution < -0.4 is 0 Å². The lowest BCUT2D eigenvalue weighted by Gasteiger charge is -2.34. The third-order valence-corrected chi connectivity index (χ3v) is 6.97. The number of benzene rings is 1. The first kappa shape index (κ1) is 28.2. The normalized spacial score (nSPS) is 21.7. The Morgan fingerprint density at radius 3 is 2.19 bits per heavy atom. The maximum absolute atomic E-state index is 12.3. The molecule has 2 aliphatic rings. The minimum Gasteiger partial charge on any atom is -0.480 e. The van der Waals surface area contributed by atoms with Crippen molar-refractivity contribution in [1.82, 2.24) is 19.6 Å². The molecular weight excluding hydrogens is 495 g/mol. The predicted molar refractivity (Wildman–Crippen MR) is 127 cm³/mol. The van der Waals surface area contributed by atoms with Gasteiger partial charge in [-0.15, -0.1) is 0 Å². The van der Waals surface area contributed by atoms with Crippen molar-refractivity contribution >= 4 is 26.0 Å². The molecule has 1 unspecified atom stereocenters. The number of carbonyl (C=O) groups is 3. The number of hydrogen-bond acceptors (Lipinski definition) is 10. The topological polar surface area (TPSA) is 160 Å². The van der Waals surface area contributed by atoms with Gasteiger partial charge < -0.3 is 24.4 Å². The highest BCUT2D eigenvalue weighted by molar-refractivity contribution is 7.51. The molecule has 1 aromatic rings. The standard InChI is InChI=1S/C22H33N4O9P/c27-17-34-15-25-9-7-23(13-20-18-3-1-2-4-19(18)22(30)35-20)5-6-24(14-21(28)29)8-11-26(12-10-25)16-36(31,32)33/h1-4,17,20H,5-16H2,(H,28,29)(H2,31,32,33). The van der Waals surface area contributed by atoms with E-state index < -0.39 is 26.0 Å². The Morgan fingerprint density at radius 1 is 1.00 bits per heavy atom. The van der Waals surface area contributed by atoms with E-state index >= 15 is 0 Å². The van der Waals surface area contributed by atoms with Crippen LogP contribution in [0.2, 0.25) is 0 Å². The van der Waals surface area contributed by atoms with Crippen molar-refractivity contribution < 1.29 is 43.3 Å². The first-order valence-corrected chi connectivity index (χ1v) is 13.5. The van der Waals surface area contributed by atoms with E-state index in [0.29, 0.717) is 64.4 Å². The summed E-state index contributed by atoms with van der Waals surface area (Å²) in [5.41, 5.74) is 1.35. The molecule has 0 radical (unpaired) electrons. The molecule has 1 saturated heterocycles. The monoisotopic (exact) mass is 528 g/mol. The highest BCUT2D eigenvalue weighted by Crippen LogP contribution is 2.35. The van der Waals surface area contributed by atoms with Crippen LogP contribution in [0.4, 0.5) is 0 Å². The molecule has 3 rings (SSSR count). The largest absolute Gasteiger partial charge is 0.480 e. The Bertz CT molecular complexity index is 959. The number of aliphatic carboxylic acids is 1. The molecule has 0 amide bonds. The molecule has 36 heavy (non-hydrogen) atoms. The maximum Gasteiger partial charge on any atom is 0.339 e. The summed E-state index contributed by atoms with van der Waals surface area (Å²) in [6.07, 6.45) is -0.901. The van der Waals surface area contributed by atoms with Gasteiger partial charge in [-0.1, -0.05) is 18.2 Å². The number of rotatable bonds is 9. The smallest absolute Gasteiger partial charge is 0.339 e. The fourth-order valence-electron chi connectivity index (χ4n) is 4.37. The lowest BCUT2D eigenvalue weighted by molar-refractivity contribution is -0.138. The van der Waals surface area contributed by atoms with E-state index in [9.17, 15) is 33.8 Å². The summed E-state index contributed by atoms with van der Waals surface area (Å²) < 4.78 is 22.2. The third-order valence-electron chi connectivity index (χ3n) is 6.20. The summed E-state index contributed by atoms with van der Waals surface area (Å²) in [6, 6.07) is 7.21. The first-order valence-electron chi connectivity index (χ1n) is 11.7. The maximum atomic E-state index is 12.3. The highest BCUT2D eigenvalue weighted by atomic mass is 31.2. The Morgan fingerprint density at radius 2 is 1.58 bits per heavy atom. The molecule has 1 aromatic carbocycles. The van der Waals surface area contributed by atoms with Crippen LogP contribution in [0.15, 0.2) is 24.3 Å². The highest BCUT2D eigenvalue weighted by Gasteiger charge is 2.32.